The van der Waals surface area contributed by atoms with Gasteiger partial charge in [0.25, 0.3) is 0 Å². The third-order valence-electron chi connectivity index (χ3n) is 5.28. The van der Waals surface area contributed by atoms with Crippen LogP contribution in [0, 0.1) is 0 Å². The fraction of sp³-hybridized carbons (Fsp3) is 0.714. The zero-order valence-electron chi connectivity index (χ0n) is 16.2. The molecule has 0 aromatic heterocycles. The van der Waals surface area contributed by atoms with Crippen LogP contribution in [-0.4, -0.2) is 60.6 Å². The van der Waals surface area contributed by atoms with Crippen LogP contribution >= 0.6 is 0 Å². The maximum Gasteiger partial charge on any atom is 0.0112 e. The molecule has 1 saturated heterocycles. The highest BCUT2D eigenvalue weighted by atomic mass is 15.2. The normalized spacial score (nSPS) is 17.3. The molecule has 1 aliphatic heterocycles. The summed E-state index contributed by atoms with van der Waals surface area (Å²) < 4.78 is 0. The van der Waals surface area contributed by atoms with Gasteiger partial charge in [-0.2, -0.15) is 0 Å². The number of rotatable bonds is 9. The second-order valence-electron chi connectivity index (χ2n) is 7.73. The standard InChI is InChI=1S/C21H37N3/c1-18(2)24(19(3)4)17-13-22-21-11-15-23(16-12-21)14-10-20-8-6-5-7-9-20/h5-9,18-19,21-22H,10-17H2,1-4H3. The molecule has 24 heavy (non-hydrogen) atoms. The zero-order chi connectivity index (χ0) is 17.4. The van der Waals surface area contributed by atoms with Crippen LogP contribution in [0.3, 0.4) is 0 Å². The van der Waals surface area contributed by atoms with Crippen molar-refractivity contribution in [2.75, 3.05) is 32.7 Å². The van der Waals surface area contributed by atoms with Gasteiger partial charge in [-0.05, 0) is 65.6 Å². The topological polar surface area (TPSA) is 18.5 Å². The Balaban J connectivity index is 1.60. The Kier molecular flexibility index (Phi) is 8.23. The van der Waals surface area contributed by atoms with Crippen LogP contribution in [0.2, 0.25) is 0 Å². The average Bonchev–Trinajstić information content (AvgIpc) is 2.58. The van der Waals surface area contributed by atoms with E-state index < -0.39 is 0 Å². The van der Waals surface area contributed by atoms with E-state index in [0.717, 1.165) is 13.1 Å². The van der Waals surface area contributed by atoms with Crippen molar-refractivity contribution in [3.8, 4) is 0 Å². The first-order valence-corrected chi connectivity index (χ1v) is 9.81. The van der Waals surface area contributed by atoms with Gasteiger partial charge in [0.05, 0.1) is 0 Å². The Morgan fingerprint density at radius 2 is 1.67 bits per heavy atom. The van der Waals surface area contributed by atoms with Gasteiger partial charge in [-0.3, -0.25) is 4.90 Å². The second kappa shape index (κ2) is 10.2. The van der Waals surface area contributed by atoms with E-state index in [9.17, 15) is 0 Å². The van der Waals surface area contributed by atoms with Gasteiger partial charge in [0.15, 0.2) is 0 Å². The molecular formula is C21H37N3. The fourth-order valence-corrected chi connectivity index (χ4v) is 3.80. The van der Waals surface area contributed by atoms with Crippen LogP contribution in [0.15, 0.2) is 30.3 Å². The lowest BCUT2D eigenvalue weighted by Crippen LogP contribution is -2.47. The molecule has 0 spiro atoms. The molecule has 3 nitrogen and oxygen atoms in total. The van der Waals surface area contributed by atoms with Gasteiger partial charge in [-0.15, -0.1) is 0 Å². The van der Waals surface area contributed by atoms with E-state index in [-0.39, 0.29) is 0 Å². The van der Waals surface area contributed by atoms with Gasteiger partial charge >= 0.3 is 0 Å². The number of hydrogen-bond donors (Lipinski definition) is 1. The average molecular weight is 332 g/mol. The highest BCUT2D eigenvalue weighted by Crippen LogP contribution is 2.12. The minimum Gasteiger partial charge on any atom is -0.313 e. The Labute approximate surface area is 149 Å². The summed E-state index contributed by atoms with van der Waals surface area (Å²) in [6.07, 6.45) is 3.76. The van der Waals surface area contributed by atoms with Crippen molar-refractivity contribution in [1.82, 2.24) is 15.1 Å². The Hall–Kier alpha value is -0.900. The fourth-order valence-electron chi connectivity index (χ4n) is 3.80. The third kappa shape index (κ3) is 6.54. The zero-order valence-corrected chi connectivity index (χ0v) is 16.2. The van der Waals surface area contributed by atoms with Crippen molar-refractivity contribution in [2.45, 2.75) is 65.1 Å². The summed E-state index contributed by atoms with van der Waals surface area (Å²) >= 11 is 0. The maximum atomic E-state index is 3.79. The third-order valence-corrected chi connectivity index (χ3v) is 5.28. The van der Waals surface area contributed by atoms with E-state index in [1.54, 1.807) is 0 Å². The van der Waals surface area contributed by atoms with Crippen LogP contribution in [0.1, 0.15) is 46.1 Å². The number of likely N-dealkylation sites (tertiary alicyclic amines) is 1. The van der Waals surface area contributed by atoms with E-state index >= 15 is 0 Å². The van der Waals surface area contributed by atoms with E-state index in [1.807, 2.05) is 0 Å². The van der Waals surface area contributed by atoms with Crippen molar-refractivity contribution in [1.29, 1.82) is 0 Å². The monoisotopic (exact) mass is 331 g/mol. The molecule has 0 atom stereocenters. The lowest BCUT2D eigenvalue weighted by atomic mass is 10.0. The van der Waals surface area contributed by atoms with Gasteiger partial charge in [-0.25, -0.2) is 0 Å². The number of nitrogens with zero attached hydrogens (tertiary/aromatic N) is 2. The van der Waals surface area contributed by atoms with E-state index in [2.05, 4.69) is 73.1 Å². The summed E-state index contributed by atoms with van der Waals surface area (Å²) in [7, 11) is 0. The molecule has 0 unspecified atom stereocenters. The first kappa shape index (κ1) is 19.4. The van der Waals surface area contributed by atoms with E-state index in [0.29, 0.717) is 18.1 Å². The SMILES string of the molecule is CC(C)N(CCNC1CCN(CCc2ccccc2)CC1)C(C)C. The molecular weight excluding hydrogens is 294 g/mol. The molecule has 0 aliphatic carbocycles. The molecule has 3 heteroatoms. The predicted molar refractivity (Wildman–Crippen MR) is 105 cm³/mol. The van der Waals surface area contributed by atoms with Gasteiger partial charge in [0, 0.05) is 37.8 Å². The first-order valence-electron chi connectivity index (χ1n) is 9.81. The number of piperidine rings is 1. The van der Waals surface area contributed by atoms with Crippen molar-refractivity contribution in [3.05, 3.63) is 35.9 Å². The Bertz CT molecular complexity index is 428. The molecule has 1 heterocycles. The molecule has 1 N–H and O–H groups in total. The van der Waals surface area contributed by atoms with Crippen molar-refractivity contribution >= 4 is 0 Å². The van der Waals surface area contributed by atoms with Crippen molar-refractivity contribution in [3.63, 3.8) is 0 Å². The lowest BCUT2D eigenvalue weighted by Gasteiger charge is -2.34. The van der Waals surface area contributed by atoms with E-state index in [4.69, 9.17) is 0 Å². The molecule has 1 aromatic carbocycles. The summed E-state index contributed by atoms with van der Waals surface area (Å²) in [6, 6.07) is 12.8. The molecule has 2 rings (SSSR count). The number of nitrogens with one attached hydrogen (secondary N) is 1. The molecule has 0 amide bonds. The van der Waals surface area contributed by atoms with Crippen molar-refractivity contribution in [2.24, 2.45) is 0 Å². The Morgan fingerprint density at radius 1 is 1.04 bits per heavy atom. The molecule has 136 valence electrons. The molecule has 1 fully saturated rings. The molecule has 1 aromatic rings. The number of benzene rings is 1. The van der Waals surface area contributed by atoms with E-state index in [1.165, 1.54) is 44.5 Å². The summed E-state index contributed by atoms with van der Waals surface area (Å²) in [5, 5.41) is 3.79. The molecule has 0 bridgehead atoms. The summed E-state index contributed by atoms with van der Waals surface area (Å²) in [5.41, 5.74) is 1.46. The van der Waals surface area contributed by atoms with Crippen LogP contribution in [0.5, 0.6) is 0 Å². The molecule has 0 radical (unpaired) electrons. The number of hydrogen-bond acceptors (Lipinski definition) is 3. The summed E-state index contributed by atoms with van der Waals surface area (Å²) in [5.74, 6) is 0. The smallest absolute Gasteiger partial charge is 0.0112 e. The maximum absolute atomic E-state index is 3.79. The van der Waals surface area contributed by atoms with Crippen molar-refractivity contribution < 1.29 is 0 Å². The quantitative estimate of drug-likeness (QED) is 0.748. The summed E-state index contributed by atoms with van der Waals surface area (Å²) in [4.78, 5) is 5.20. The minimum absolute atomic E-state index is 0.631. The molecule has 1 aliphatic rings. The van der Waals surface area contributed by atoms with Gasteiger partial charge in [0.1, 0.15) is 0 Å². The minimum atomic E-state index is 0.631. The van der Waals surface area contributed by atoms with Crippen LogP contribution in [-0.2, 0) is 6.42 Å². The Morgan fingerprint density at radius 3 is 2.25 bits per heavy atom. The lowest BCUT2D eigenvalue weighted by molar-refractivity contribution is 0.163. The molecule has 0 saturated carbocycles. The summed E-state index contributed by atoms with van der Waals surface area (Å²) in [6.45, 7) is 15.1. The highest BCUT2D eigenvalue weighted by Gasteiger charge is 2.19. The van der Waals surface area contributed by atoms with Gasteiger partial charge in [0.2, 0.25) is 0 Å². The van der Waals surface area contributed by atoms with Crippen LogP contribution in [0.4, 0.5) is 0 Å². The largest absolute Gasteiger partial charge is 0.313 e. The first-order chi connectivity index (χ1) is 11.6. The second-order valence-corrected chi connectivity index (χ2v) is 7.73. The predicted octanol–water partition coefficient (Wildman–Crippen LogP) is 3.40. The van der Waals surface area contributed by atoms with Gasteiger partial charge < -0.3 is 10.2 Å². The van der Waals surface area contributed by atoms with Crippen LogP contribution in [0.25, 0.3) is 0 Å². The highest BCUT2D eigenvalue weighted by molar-refractivity contribution is 5.14. The van der Waals surface area contributed by atoms with Gasteiger partial charge in [-0.1, -0.05) is 30.3 Å². The van der Waals surface area contributed by atoms with Crippen LogP contribution < -0.4 is 5.32 Å².